The molecule has 0 bridgehead atoms. The van der Waals surface area contributed by atoms with Gasteiger partial charge >= 0.3 is 5.97 Å². The highest BCUT2D eigenvalue weighted by molar-refractivity contribution is 5.72. The van der Waals surface area contributed by atoms with E-state index in [4.69, 9.17) is 5.11 Å². The summed E-state index contributed by atoms with van der Waals surface area (Å²) in [6.45, 7) is 17.7. The lowest BCUT2D eigenvalue weighted by Gasteiger charge is -2.36. The van der Waals surface area contributed by atoms with Crippen LogP contribution in [-0.4, -0.2) is 52.9 Å². The highest BCUT2D eigenvalue weighted by Crippen LogP contribution is 2.11. The predicted octanol–water partition coefficient (Wildman–Crippen LogP) is 2.36. The van der Waals surface area contributed by atoms with Gasteiger partial charge in [-0.1, -0.05) is 0 Å². The molecule has 0 aliphatic heterocycles. The van der Waals surface area contributed by atoms with Gasteiger partial charge < -0.3 is 14.7 Å². The third-order valence-electron chi connectivity index (χ3n) is 3.31. The van der Waals surface area contributed by atoms with Crippen LogP contribution in [0.5, 0.6) is 0 Å². The van der Waals surface area contributed by atoms with Crippen molar-refractivity contribution in [3.05, 3.63) is 0 Å². The van der Waals surface area contributed by atoms with Gasteiger partial charge in [0.1, 0.15) is 12.6 Å². The second kappa shape index (κ2) is 8.48. The van der Waals surface area contributed by atoms with Crippen LogP contribution in [0.25, 0.3) is 0 Å². The average Bonchev–Trinajstić information content (AvgIpc) is 2.25. The number of hydrogen-bond acceptors (Lipinski definition) is 2. The zero-order valence-electron chi connectivity index (χ0n) is 13.2. The Morgan fingerprint density at radius 2 is 1.39 bits per heavy atom. The van der Waals surface area contributed by atoms with E-state index in [-0.39, 0.29) is 6.10 Å². The lowest BCUT2D eigenvalue weighted by molar-refractivity contribution is -0.925. The van der Waals surface area contributed by atoms with E-state index in [0.29, 0.717) is 0 Å². The minimum atomic E-state index is -0.757. The lowest BCUT2D eigenvalue weighted by Crippen LogP contribution is -2.51. The fourth-order valence-electron chi connectivity index (χ4n) is 1.62. The quantitative estimate of drug-likeness (QED) is 0.748. The van der Waals surface area contributed by atoms with E-state index in [1.807, 2.05) is 6.92 Å². The summed E-state index contributed by atoms with van der Waals surface area (Å²) in [5.41, 5.74) is -0.583. The molecular formula is C14H32NO3+. The molecule has 4 heteroatoms. The summed E-state index contributed by atoms with van der Waals surface area (Å²) in [5, 5.41) is 17.5. The molecule has 18 heavy (non-hydrogen) atoms. The molecule has 0 aliphatic carbocycles. The van der Waals surface area contributed by atoms with Crippen molar-refractivity contribution in [2.45, 2.75) is 54.6 Å². The van der Waals surface area contributed by atoms with Gasteiger partial charge in [0, 0.05) is 0 Å². The molecule has 0 saturated heterocycles. The molecule has 1 unspecified atom stereocenters. The molecule has 0 amide bonds. The number of rotatable bonds is 5. The molecule has 0 radical (unpaired) electrons. The minimum Gasteiger partial charge on any atom is -0.481 e. The van der Waals surface area contributed by atoms with Crippen LogP contribution < -0.4 is 0 Å². The highest BCUT2D eigenvalue weighted by Gasteiger charge is 2.22. The number of nitrogens with zero attached hydrogens (tertiary/aromatic N) is 1. The summed E-state index contributed by atoms with van der Waals surface area (Å²) < 4.78 is 1.04. The molecule has 4 nitrogen and oxygen atoms in total. The van der Waals surface area contributed by atoms with Gasteiger partial charge in [-0.15, -0.1) is 0 Å². The fraction of sp³-hybridized carbons (Fsp3) is 0.929. The molecule has 110 valence electrons. The summed E-state index contributed by atoms with van der Waals surface area (Å²) in [4.78, 5) is 10.0. The fourth-order valence-corrected chi connectivity index (χ4v) is 1.62. The Hall–Kier alpha value is -0.610. The van der Waals surface area contributed by atoms with E-state index in [1.54, 1.807) is 20.8 Å². The van der Waals surface area contributed by atoms with E-state index < -0.39 is 11.4 Å². The van der Waals surface area contributed by atoms with Gasteiger partial charge in [-0.3, -0.25) is 4.79 Å². The first-order chi connectivity index (χ1) is 8.04. The van der Waals surface area contributed by atoms with Crippen LogP contribution in [0.15, 0.2) is 0 Å². The number of likely N-dealkylation sites (N-methyl/N-ethyl adjacent to an activating group) is 1. The molecule has 0 aromatic rings. The maximum atomic E-state index is 10.0. The Balaban J connectivity index is 0. The normalized spacial score (nSPS) is 13.6. The monoisotopic (exact) mass is 262 g/mol. The number of hydrogen-bond donors (Lipinski definition) is 2. The minimum absolute atomic E-state index is 0.171. The Bertz CT molecular complexity index is 219. The van der Waals surface area contributed by atoms with Gasteiger partial charge in [-0.2, -0.15) is 0 Å². The predicted molar refractivity (Wildman–Crippen MR) is 75.5 cm³/mol. The van der Waals surface area contributed by atoms with Crippen molar-refractivity contribution in [3.63, 3.8) is 0 Å². The Morgan fingerprint density at radius 1 is 1.11 bits per heavy atom. The molecule has 0 aliphatic rings. The molecule has 0 spiro atoms. The van der Waals surface area contributed by atoms with Crippen molar-refractivity contribution in [2.75, 3.05) is 26.2 Å². The van der Waals surface area contributed by atoms with Crippen LogP contribution in [-0.2, 0) is 4.79 Å². The van der Waals surface area contributed by atoms with Crippen molar-refractivity contribution in [1.82, 2.24) is 0 Å². The van der Waals surface area contributed by atoms with Gasteiger partial charge in [-0.25, -0.2) is 0 Å². The van der Waals surface area contributed by atoms with Crippen molar-refractivity contribution in [3.8, 4) is 0 Å². The number of carboxylic acid groups (broad SMARTS) is 1. The van der Waals surface area contributed by atoms with Gasteiger partial charge in [0.15, 0.2) is 0 Å². The topological polar surface area (TPSA) is 57.5 Å². The van der Waals surface area contributed by atoms with Crippen LogP contribution in [0, 0.1) is 5.41 Å². The summed E-state index contributed by atoms with van der Waals surface area (Å²) in [6, 6.07) is 0. The number of carboxylic acids is 1. The second-order valence-electron chi connectivity index (χ2n) is 5.88. The van der Waals surface area contributed by atoms with E-state index in [0.717, 1.165) is 30.7 Å². The SMILES string of the molecule is CC(C)(C)C(=O)O.CC[N+](CC)(CC)CC(C)O. The number of aliphatic hydroxyl groups is 1. The summed E-state index contributed by atoms with van der Waals surface area (Å²) in [7, 11) is 0. The van der Waals surface area contributed by atoms with E-state index in [9.17, 15) is 9.90 Å². The average molecular weight is 262 g/mol. The summed E-state index contributed by atoms with van der Waals surface area (Å²) in [6.07, 6.45) is -0.171. The molecule has 0 aromatic heterocycles. The first kappa shape index (κ1) is 19.7. The zero-order valence-corrected chi connectivity index (χ0v) is 13.2. The number of carbonyl (C=O) groups is 1. The van der Waals surface area contributed by atoms with Gasteiger partial charge in [0.2, 0.25) is 0 Å². The maximum absolute atomic E-state index is 10.0. The van der Waals surface area contributed by atoms with Gasteiger partial charge in [-0.05, 0) is 48.5 Å². The molecule has 0 rings (SSSR count). The largest absolute Gasteiger partial charge is 0.481 e. The molecule has 2 N–H and O–H groups in total. The first-order valence-corrected chi connectivity index (χ1v) is 6.81. The van der Waals surface area contributed by atoms with Crippen molar-refractivity contribution < 1.29 is 19.5 Å². The Morgan fingerprint density at radius 3 is 1.44 bits per heavy atom. The lowest BCUT2D eigenvalue weighted by atomic mass is 9.98. The summed E-state index contributed by atoms with van der Waals surface area (Å²) >= 11 is 0. The van der Waals surface area contributed by atoms with Gasteiger partial charge in [0.05, 0.1) is 25.0 Å². The third kappa shape index (κ3) is 8.48. The number of aliphatic carboxylic acids is 1. The van der Waals surface area contributed by atoms with Crippen LogP contribution in [0.3, 0.4) is 0 Å². The number of quaternary nitrogens is 1. The van der Waals surface area contributed by atoms with Crippen LogP contribution in [0.1, 0.15) is 48.5 Å². The standard InChI is InChI=1S/C9H22NO.C5H10O2/c1-5-10(6-2,7-3)8-9(4)11;1-5(2,3)4(6)7/h9,11H,5-8H2,1-4H3;1-3H3,(H,6,7)/q+1;. The van der Waals surface area contributed by atoms with Crippen molar-refractivity contribution in [2.24, 2.45) is 5.41 Å². The summed E-state index contributed by atoms with van der Waals surface area (Å²) in [5.74, 6) is -0.757. The van der Waals surface area contributed by atoms with E-state index >= 15 is 0 Å². The van der Waals surface area contributed by atoms with Crippen LogP contribution in [0.2, 0.25) is 0 Å². The Kier molecular flexibility index (Phi) is 9.30. The van der Waals surface area contributed by atoms with Gasteiger partial charge in [0.25, 0.3) is 0 Å². The molecule has 0 aromatic carbocycles. The van der Waals surface area contributed by atoms with Crippen LogP contribution >= 0.6 is 0 Å². The smallest absolute Gasteiger partial charge is 0.308 e. The van der Waals surface area contributed by atoms with Crippen molar-refractivity contribution in [1.29, 1.82) is 0 Å². The molecular weight excluding hydrogens is 230 g/mol. The van der Waals surface area contributed by atoms with E-state index in [1.165, 1.54) is 0 Å². The Labute approximate surface area is 112 Å². The highest BCUT2D eigenvalue weighted by atomic mass is 16.4. The second-order valence-corrected chi connectivity index (χ2v) is 5.88. The van der Waals surface area contributed by atoms with Crippen LogP contribution in [0.4, 0.5) is 0 Å². The molecule has 1 atom stereocenters. The molecule has 0 fully saturated rings. The zero-order chi connectivity index (χ0) is 15.0. The third-order valence-corrected chi connectivity index (χ3v) is 3.31. The molecule has 0 saturated carbocycles. The van der Waals surface area contributed by atoms with E-state index in [2.05, 4.69) is 20.8 Å². The number of aliphatic hydroxyl groups excluding tert-OH is 1. The van der Waals surface area contributed by atoms with Crippen molar-refractivity contribution >= 4 is 5.97 Å². The first-order valence-electron chi connectivity index (χ1n) is 6.81. The maximum Gasteiger partial charge on any atom is 0.308 e. The molecule has 0 heterocycles.